The number of fused-ring (bicyclic) bond motifs is 1. The van der Waals surface area contributed by atoms with Crippen LogP contribution >= 0.6 is 11.6 Å². The summed E-state index contributed by atoms with van der Waals surface area (Å²) >= 11 is 6.05. The smallest absolute Gasteiger partial charge is 0.251 e. The van der Waals surface area contributed by atoms with Crippen molar-refractivity contribution in [1.29, 1.82) is 0 Å². The number of hydrogen-bond acceptors (Lipinski definition) is 4. The van der Waals surface area contributed by atoms with E-state index in [1.807, 2.05) is 42.2 Å². The van der Waals surface area contributed by atoms with E-state index in [4.69, 9.17) is 17.3 Å². The molecule has 1 saturated heterocycles. The predicted molar refractivity (Wildman–Crippen MR) is 135 cm³/mol. The quantitative estimate of drug-likeness (QED) is 0.487. The molecule has 3 atom stereocenters. The van der Waals surface area contributed by atoms with Crippen molar-refractivity contribution in [2.45, 2.75) is 45.2 Å². The number of carbonyl (C=O) groups excluding carboxylic acids is 2. The molecule has 1 fully saturated rings. The molecule has 1 unspecified atom stereocenters. The Hall–Kier alpha value is -2.41. The highest BCUT2D eigenvalue weighted by Gasteiger charge is 2.31. The van der Waals surface area contributed by atoms with E-state index in [2.05, 4.69) is 24.1 Å². The summed E-state index contributed by atoms with van der Waals surface area (Å²) in [4.78, 5) is 27.9. The molecule has 6 nitrogen and oxygen atoms in total. The van der Waals surface area contributed by atoms with Crippen molar-refractivity contribution in [2.24, 2.45) is 11.7 Å². The molecule has 1 heterocycles. The van der Waals surface area contributed by atoms with Gasteiger partial charge in [0.25, 0.3) is 5.91 Å². The van der Waals surface area contributed by atoms with Crippen molar-refractivity contribution in [1.82, 2.24) is 15.5 Å². The minimum absolute atomic E-state index is 0.0105. The summed E-state index contributed by atoms with van der Waals surface area (Å²) in [6.45, 7) is 10.4. The average molecular weight is 471 g/mol. The van der Waals surface area contributed by atoms with E-state index < -0.39 is 0 Å². The number of halogens is 1. The van der Waals surface area contributed by atoms with Crippen molar-refractivity contribution >= 4 is 34.2 Å². The van der Waals surface area contributed by atoms with Crippen LogP contribution in [0.15, 0.2) is 48.6 Å². The van der Waals surface area contributed by atoms with Gasteiger partial charge in [-0.25, -0.2) is 0 Å². The minimum Gasteiger partial charge on any atom is -0.350 e. The fourth-order valence-corrected chi connectivity index (χ4v) is 4.55. The number of hydrogen-bond donors (Lipinski definition) is 3. The lowest BCUT2D eigenvalue weighted by Crippen LogP contribution is -2.50. The fourth-order valence-electron chi connectivity index (χ4n) is 4.37. The van der Waals surface area contributed by atoms with Crippen molar-refractivity contribution in [2.75, 3.05) is 26.2 Å². The molecule has 0 radical (unpaired) electrons. The number of benzene rings is 2. The molecule has 33 heavy (non-hydrogen) atoms. The van der Waals surface area contributed by atoms with Gasteiger partial charge in [0.05, 0.1) is 6.04 Å². The number of nitrogens with one attached hydrogen (secondary N) is 2. The van der Waals surface area contributed by atoms with E-state index in [1.165, 1.54) is 0 Å². The molecule has 2 aromatic carbocycles. The van der Waals surface area contributed by atoms with Crippen LogP contribution in [0, 0.1) is 5.92 Å². The maximum absolute atomic E-state index is 13.1. The molecule has 7 heteroatoms. The van der Waals surface area contributed by atoms with Gasteiger partial charge in [-0.15, -0.1) is 0 Å². The van der Waals surface area contributed by atoms with E-state index in [9.17, 15) is 9.59 Å². The van der Waals surface area contributed by atoms with Crippen LogP contribution in [0.4, 0.5) is 0 Å². The number of carbonyl (C=O) groups is 2. The van der Waals surface area contributed by atoms with Gasteiger partial charge in [-0.2, -0.15) is 0 Å². The molecule has 0 spiro atoms. The summed E-state index contributed by atoms with van der Waals surface area (Å²) in [5, 5.41) is 9.10. The lowest BCUT2D eigenvalue weighted by atomic mass is 9.98. The summed E-state index contributed by atoms with van der Waals surface area (Å²) < 4.78 is 0. The van der Waals surface area contributed by atoms with Crippen LogP contribution in [-0.4, -0.2) is 55.0 Å². The third-order valence-corrected chi connectivity index (χ3v) is 6.69. The van der Waals surface area contributed by atoms with Gasteiger partial charge in [0.1, 0.15) is 0 Å². The number of nitrogens with two attached hydrogens (primary N) is 1. The second kappa shape index (κ2) is 11.6. The zero-order valence-electron chi connectivity index (χ0n) is 19.6. The first kappa shape index (κ1) is 25.2. The summed E-state index contributed by atoms with van der Waals surface area (Å²) in [6.07, 6.45) is 2.28. The molecule has 4 N–H and O–H groups in total. The highest BCUT2D eigenvalue weighted by Crippen LogP contribution is 2.21. The molecule has 0 bridgehead atoms. The summed E-state index contributed by atoms with van der Waals surface area (Å²) in [5.74, 6) is 0.235. The zero-order chi connectivity index (χ0) is 24.0. The van der Waals surface area contributed by atoms with Crippen LogP contribution < -0.4 is 16.4 Å². The second-order valence-corrected chi connectivity index (χ2v) is 9.37. The Morgan fingerprint density at radius 1 is 1.30 bits per heavy atom. The Bertz CT molecular complexity index is 1010. The predicted octanol–water partition coefficient (Wildman–Crippen LogP) is 3.73. The van der Waals surface area contributed by atoms with Crippen LogP contribution in [0.5, 0.6) is 0 Å². The molecule has 178 valence electrons. The first-order valence-corrected chi connectivity index (χ1v) is 12.1. The summed E-state index contributed by atoms with van der Waals surface area (Å²) in [5.41, 5.74) is 7.48. The van der Waals surface area contributed by atoms with Crippen LogP contribution in [0.2, 0.25) is 5.02 Å². The van der Waals surface area contributed by atoms with Gasteiger partial charge in [-0.1, -0.05) is 42.8 Å². The van der Waals surface area contributed by atoms with Crippen LogP contribution in [0.3, 0.4) is 0 Å². The first-order valence-electron chi connectivity index (χ1n) is 11.7. The van der Waals surface area contributed by atoms with Gasteiger partial charge in [0.2, 0.25) is 5.91 Å². The first-order chi connectivity index (χ1) is 15.8. The molecular weight excluding hydrogens is 436 g/mol. The third kappa shape index (κ3) is 6.56. The standard InChI is InChI=1S/C26H35ClN4O2/c1-4-18(17(2)3)16-31-12-10-23(30-24(9-11-28)26(31)33)15-29-25(32)21-6-5-20-14-22(27)8-7-19(20)13-21/h5-8,13-14,18,23-24,30H,2,4,9-12,15-16,28H2,1,3H3,(H,29,32)/t18?,23-,24-/m0/s1. The Kier molecular flexibility index (Phi) is 8.89. The Morgan fingerprint density at radius 2 is 2.03 bits per heavy atom. The fraction of sp³-hybridized carbons (Fsp3) is 0.462. The van der Waals surface area contributed by atoms with E-state index in [0.29, 0.717) is 43.2 Å². The maximum atomic E-state index is 13.1. The average Bonchev–Trinajstić information content (AvgIpc) is 2.94. The zero-order valence-corrected chi connectivity index (χ0v) is 20.3. The van der Waals surface area contributed by atoms with Crippen molar-refractivity contribution in [3.63, 3.8) is 0 Å². The van der Waals surface area contributed by atoms with Crippen LogP contribution in [-0.2, 0) is 4.79 Å². The molecule has 0 saturated carbocycles. The highest BCUT2D eigenvalue weighted by molar-refractivity contribution is 6.31. The van der Waals surface area contributed by atoms with E-state index >= 15 is 0 Å². The van der Waals surface area contributed by atoms with Crippen molar-refractivity contribution in [3.8, 4) is 0 Å². The van der Waals surface area contributed by atoms with E-state index in [0.717, 1.165) is 29.2 Å². The Morgan fingerprint density at radius 3 is 2.73 bits per heavy atom. The van der Waals surface area contributed by atoms with Gasteiger partial charge < -0.3 is 21.3 Å². The molecule has 3 rings (SSSR count). The topological polar surface area (TPSA) is 87.5 Å². The molecule has 1 aliphatic rings. The summed E-state index contributed by atoms with van der Waals surface area (Å²) in [6, 6.07) is 10.8. The van der Waals surface area contributed by atoms with Gasteiger partial charge in [-0.05, 0) is 73.7 Å². The van der Waals surface area contributed by atoms with Gasteiger partial charge >= 0.3 is 0 Å². The van der Waals surface area contributed by atoms with Crippen molar-refractivity contribution in [3.05, 3.63) is 59.1 Å². The van der Waals surface area contributed by atoms with E-state index in [1.54, 1.807) is 6.07 Å². The Labute approximate surface area is 201 Å². The monoisotopic (exact) mass is 470 g/mol. The van der Waals surface area contributed by atoms with Crippen LogP contribution in [0.1, 0.15) is 43.5 Å². The molecule has 2 amide bonds. The van der Waals surface area contributed by atoms with Crippen LogP contribution in [0.25, 0.3) is 10.8 Å². The lowest BCUT2D eigenvalue weighted by Gasteiger charge is -2.28. The third-order valence-electron chi connectivity index (χ3n) is 6.45. The maximum Gasteiger partial charge on any atom is 0.251 e. The number of rotatable bonds is 9. The SMILES string of the molecule is C=C(C)C(CC)CN1CC[C@@H](CNC(=O)c2ccc3cc(Cl)ccc3c2)N[C@@H](CCN)C1=O. The molecular formula is C26H35ClN4O2. The van der Waals surface area contributed by atoms with Crippen molar-refractivity contribution < 1.29 is 9.59 Å². The minimum atomic E-state index is -0.340. The molecule has 2 aromatic rings. The highest BCUT2D eigenvalue weighted by atomic mass is 35.5. The largest absolute Gasteiger partial charge is 0.350 e. The molecule has 0 aromatic heterocycles. The number of nitrogens with zero attached hydrogens (tertiary/aromatic N) is 1. The second-order valence-electron chi connectivity index (χ2n) is 8.93. The molecule has 0 aliphatic carbocycles. The lowest BCUT2D eigenvalue weighted by molar-refractivity contribution is -0.133. The molecule has 1 aliphatic heterocycles. The summed E-state index contributed by atoms with van der Waals surface area (Å²) in [7, 11) is 0. The van der Waals surface area contributed by atoms with Gasteiger partial charge in [0, 0.05) is 36.3 Å². The normalized spacial score (nSPS) is 19.9. The van der Waals surface area contributed by atoms with Gasteiger partial charge in [-0.3, -0.25) is 9.59 Å². The van der Waals surface area contributed by atoms with Gasteiger partial charge in [0.15, 0.2) is 0 Å². The van der Waals surface area contributed by atoms with E-state index in [-0.39, 0.29) is 29.8 Å². The Balaban J connectivity index is 1.65. The number of amides is 2.